The first-order chi connectivity index (χ1) is 7.33. The van der Waals surface area contributed by atoms with Gasteiger partial charge in [0, 0.05) is 30.1 Å². The Kier molecular flexibility index (Phi) is 4.33. The van der Waals surface area contributed by atoms with Crippen molar-refractivity contribution >= 4 is 51.8 Å². The zero-order valence-corrected chi connectivity index (χ0v) is 11.8. The van der Waals surface area contributed by atoms with Crippen LogP contribution < -0.4 is 4.90 Å². The molecular weight excluding hydrogens is 345 g/mol. The first-order valence-corrected chi connectivity index (χ1v) is 7.45. The molecule has 0 aromatic carbocycles. The zero-order valence-electron chi connectivity index (χ0n) is 8.07. The quantitative estimate of drug-likeness (QED) is 0.601. The highest BCUT2D eigenvalue weighted by Crippen LogP contribution is 2.26. The summed E-state index contributed by atoms with van der Waals surface area (Å²) in [6.07, 6.45) is 3.44. The summed E-state index contributed by atoms with van der Waals surface area (Å²) in [4.78, 5) is 10.6. The molecule has 82 valence electrons. The van der Waals surface area contributed by atoms with Gasteiger partial charge in [0.15, 0.2) is 0 Å². The van der Waals surface area contributed by atoms with E-state index in [4.69, 9.17) is 11.6 Å². The van der Waals surface area contributed by atoms with E-state index in [9.17, 15) is 0 Å². The molecule has 1 aliphatic heterocycles. The van der Waals surface area contributed by atoms with Crippen LogP contribution in [0.1, 0.15) is 0 Å². The fourth-order valence-corrected chi connectivity index (χ4v) is 3.66. The highest BCUT2D eigenvalue weighted by Gasteiger charge is 2.24. The Bertz CT molecular complexity index is 339. The van der Waals surface area contributed by atoms with E-state index in [-0.39, 0.29) is 0 Å². The summed E-state index contributed by atoms with van der Waals surface area (Å²) >= 11 is 10.2. The summed E-state index contributed by atoms with van der Waals surface area (Å²) in [5.74, 6) is 3.92. The minimum absolute atomic E-state index is 0.397. The third kappa shape index (κ3) is 2.68. The van der Waals surface area contributed by atoms with Crippen molar-refractivity contribution in [3.63, 3.8) is 0 Å². The van der Waals surface area contributed by atoms with Gasteiger partial charge in [-0.15, -0.1) is 11.6 Å². The van der Waals surface area contributed by atoms with Gasteiger partial charge >= 0.3 is 0 Å². The minimum atomic E-state index is 0.397. The highest BCUT2D eigenvalue weighted by atomic mass is 127. The molecule has 1 unspecified atom stereocenters. The highest BCUT2D eigenvalue weighted by molar-refractivity contribution is 14.1. The van der Waals surface area contributed by atoms with Gasteiger partial charge in [-0.05, 0) is 22.6 Å². The Hall–Kier alpha value is 0.250. The van der Waals surface area contributed by atoms with Crippen molar-refractivity contribution in [1.82, 2.24) is 9.97 Å². The average Bonchev–Trinajstić information content (AvgIpc) is 2.30. The van der Waals surface area contributed by atoms with Crippen LogP contribution in [0, 0.1) is 3.57 Å². The molecule has 6 heteroatoms. The summed E-state index contributed by atoms with van der Waals surface area (Å²) in [6.45, 7) is 1.02. The van der Waals surface area contributed by atoms with Gasteiger partial charge < -0.3 is 4.90 Å². The number of nitrogens with zero attached hydrogens (tertiary/aromatic N) is 3. The Morgan fingerprint density at radius 3 is 3.27 bits per heavy atom. The predicted molar refractivity (Wildman–Crippen MR) is 73.9 cm³/mol. The number of rotatable bonds is 2. The lowest BCUT2D eigenvalue weighted by atomic mass is 10.3. The molecular formula is C9H11ClIN3S. The minimum Gasteiger partial charge on any atom is -0.350 e. The molecule has 0 aliphatic carbocycles. The molecule has 0 radical (unpaired) electrons. The molecule has 2 rings (SSSR count). The fraction of sp³-hybridized carbons (Fsp3) is 0.556. The SMILES string of the molecule is ClCC1CSCCN1c1ncncc1I. The van der Waals surface area contributed by atoms with Gasteiger partial charge in [0.05, 0.1) is 9.61 Å². The standard InChI is InChI=1S/C9H11ClIN3S/c10-3-7-5-15-2-1-14(7)9-8(11)4-12-6-13-9/h4,6-7H,1-3,5H2. The van der Waals surface area contributed by atoms with Crippen LogP contribution in [0.4, 0.5) is 5.82 Å². The van der Waals surface area contributed by atoms with Crippen LogP contribution in [-0.2, 0) is 0 Å². The number of anilines is 1. The van der Waals surface area contributed by atoms with Crippen LogP contribution >= 0.6 is 46.0 Å². The smallest absolute Gasteiger partial charge is 0.145 e. The first-order valence-electron chi connectivity index (χ1n) is 4.69. The Morgan fingerprint density at radius 2 is 2.53 bits per heavy atom. The zero-order chi connectivity index (χ0) is 10.7. The molecule has 1 fully saturated rings. The molecule has 1 aromatic heterocycles. The van der Waals surface area contributed by atoms with Crippen LogP contribution in [0.3, 0.4) is 0 Å². The maximum Gasteiger partial charge on any atom is 0.145 e. The average molecular weight is 356 g/mol. The molecule has 1 atom stereocenters. The third-order valence-electron chi connectivity index (χ3n) is 2.33. The summed E-state index contributed by atoms with van der Waals surface area (Å²) in [6, 6.07) is 0.397. The predicted octanol–water partition coefficient (Wildman–Crippen LogP) is 2.24. The van der Waals surface area contributed by atoms with Crippen molar-refractivity contribution in [3.05, 3.63) is 16.1 Å². The molecule has 1 saturated heterocycles. The first kappa shape index (κ1) is 11.7. The van der Waals surface area contributed by atoms with E-state index >= 15 is 0 Å². The second-order valence-corrected chi connectivity index (χ2v) is 5.89. The maximum atomic E-state index is 5.98. The lowest BCUT2D eigenvalue weighted by Crippen LogP contribution is -2.44. The maximum absolute atomic E-state index is 5.98. The number of aromatic nitrogens is 2. The molecule has 0 amide bonds. The van der Waals surface area contributed by atoms with Gasteiger partial charge in [-0.1, -0.05) is 0 Å². The van der Waals surface area contributed by atoms with Crippen LogP contribution in [0.15, 0.2) is 12.5 Å². The van der Waals surface area contributed by atoms with Crippen molar-refractivity contribution < 1.29 is 0 Å². The van der Waals surface area contributed by atoms with E-state index in [0.29, 0.717) is 11.9 Å². The second-order valence-electron chi connectivity index (χ2n) is 3.27. The van der Waals surface area contributed by atoms with Crippen LogP contribution in [0.5, 0.6) is 0 Å². The number of thioether (sulfide) groups is 1. The van der Waals surface area contributed by atoms with E-state index in [1.807, 2.05) is 18.0 Å². The summed E-state index contributed by atoms with van der Waals surface area (Å²) in [7, 11) is 0. The van der Waals surface area contributed by atoms with Gasteiger partial charge in [0.1, 0.15) is 12.1 Å². The van der Waals surface area contributed by atoms with Gasteiger partial charge in [0.25, 0.3) is 0 Å². The fourth-order valence-electron chi connectivity index (χ4n) is 1.58. The second kappa shape index (κ2) is 5.54. The van der Waals surface area contributed by atoms with Crippen molar-refractivity contribution in [2.45, 2.75) is 6.04 Å². The van der Waals surface area contributed by atoms with Gasteiger partial charge in [-0.2, -0.15) is 11.8 Å². The molecule has 3 nitrogen and oxygen atoms in total. The number of hydrogen-bond acceptors (Lipinski definition) is 4. The monoisotopic (exact) mass is 355 g/mol. The van der Waals surface area contributed by atoms with Gasteiger partial charge in [-0.3, -0.25) is 0 Å². The summed E-state index contributed by atoms with van der Waals surface area (Å²) in [5.41, 5.74) is 0. The van der Waals surface area contributed by atoms with Crippen LogP contribution in [0.2, 0.25) is 0 Å². The molecule has 0 saturated carbocycles. The van der Waals surface area contributed by atoms with Gasteiger partial charge in [-0.25, -0.2) is 9.97 Å². The molecule has 0 N–H and O–H groups in total. The van der Waals surface area contributed by atoms with Crippen molar-refractivity contribution in [1.29, 1.82) is 0 Å². The number of halogens is 2. The van der Waals surface area contributed by atoms with Crippen molar-refractivity contribution in [2.24, 2.45) is 0 Å². The lowest BCUT2D eigenvalue weighted by Gasteiger charge is -2.35. The molecule has 0 spiro atoms. The van der Waals surface area contributed by atoms with E-state index in [1.165, 1.54) is 0 Å². The normalized spacial score (nSPS) is 21.7. The Balaban J connectivity index is 2.24. The molecule has 15 heavy (non-hydrogen) atoms. The van der Waals surface area contributed by atoms with Crippen LogP contribution in [-0.4, -0.2) is 39.9 Å². The third-order valence-corrected chi connectivity index (χ3v) is 4.53. The lowest BCUT2D eigenvalue weighted by molar-refractivity contribution is 0.691. The topological polar surface area (TPSA) is 29.0 Å². The summed E-state index contributed by atoms with van der Waals surface area (Å²) < 4.78 is 1.09. The largest absolute Gasteiger partial charge is 0.350 e. The van der Waals surface area contributed by atoms with E-state index in [2.05, 4.69) is 37.5 Å². The van der Waals surface area contributed by atoms with Gasteiger partial charge in [0.2, 0.25) is 0 Å². The molecule has 1 aromatic rings. The Morgan fingerprint density at radius 1 is 1.67 bits per heavy atom. The van der Waals surface area contributed by atoms with Crippen LogP contribution in [0.25, 0.3) is 0 Å². The number of alkyl halides is 1. The van der Waals surface area contributed by atoms with E-state index in [1.54, 1.807) is 6.33 Å². The van der Waals surface area contributed by atoms with Crippen molar-refractivity contribution in [3.8, 4) is 0 Å². The molecule has 1 aliphatic rings. The number of hydrogen-bond donors (Lipinski definition) is 0. The van der Waals surface area contributed by atoms with E-state index < -0.39 is 0 Å². The van der Waals surface area contributed by atoms with E-state index in [0.717, 1.165) is 27.4 Å². The Labute approximate surface area is 112 Å². The van der Waals surface area contributed by atoms with Crippen molar-refractivity contribution in [2.75, 3.05) is 28.8 Å². The summed E-state index contributed by atoms with van der Waals surface area (Å²) in [5, 5.41) is 0. The molecule has 0 bridgehead atoms. The molecule has 2 heterocycles.